The highest BCUT2D eigenvalue weighted by Crippen LogP contribution is 2.38. The zero-order valence-corrected chi connectivity index (χ0v) is 19.2. The molecule has 0 aliphatic carbocycles. The van der Waals surface area contributed by atoms with E-state index in [9.17, 15) is 9.59 Å². The summed E-state index contributed by atoms with van der Waals surface area (Å²) in [6, 6.07) is 24.6. The van der Waals surface area contributed by atoms with E-state index in [1.165, 1.54) is 0 Å². The van der Waals surface area contributed by atoms with Crippen LogP contribution in [0.1, 0.15) is 40.9 Å². The molecular weight excluding hydrogens is 414 g/mol. The maximum Gasteiger partial charge on any atom is 0.407 e. The lowest BCUT2D eigenvalue weighted by Crippen LogP contribution is -2.46. The Hall–Kier alpha value is -3.80. The summed E-state index contributed by atoms with van der Waals surface area (Å²) in [4.78, 5) is 29.8. The Morgan fingerprint density at radius 2 is 1.64 bits per heavy atom. The Morgan fingerprint density at radius 3 is 2.33 bits per heavy atom. The molecule has 0 spiro atoms. The van der Waals surface area contributed by atoms with Gasteiger partial charge in [0.05, 0.1) is 6.04 Å². The second-order valence-electron chi connectivity index (χ2n) is 8.52. The van der Waals surface area contributed by atoms with Gasteiger partial charge in [0.15, 0.2) is 0 Å². The van der Waals surface area contributed by atoms with Crippen LogP contribution in [0.25, 0.3) is 0 Å². The molecule has 33 heavy (non-hydrogen) atoms. The topological polar surface area (TPSA) is 61.9 Å². The van der Waals surface area contributed by atoms with E-state index in [2.05, 4.69) is 5.32 Å². The molecule has 1 N–H and O–H groups in total. The standard InChI is InChI=1S/C27H29N3O3/c1-19-17-24(28-27(32)33-18-20-9-5-4-6-10-20)23-11-7-8-12-25(23)30(19)26(31)21-13-15-22(16-14-21)29(2)3/h4-16,19,24H,17-18H2,1-3H3,(H,28,32). The highest BCUT2D eigenvalue weighted by Gasteiger charge is 2.35. The molecule has 0 fully saturated rings. The molecule has 3 aromatic rings. The number of hydrogen-bond donors (Lipinski definition) is 1. The van der Waals surface area contributed by atoms with Gasteiger partial charge in [0, 0.05) is 37.1 Å². The number of anilines is 2. The number of ether oxygens (including phenoxy) is 1. The molecule has 0 saturated carbocycles. The van der Waals surface area contributed by atoms with Crippen LogP contribution in [-0.4, -0.2) is 32.1 Å². The molecular formula is C27H29N3O3. The van der Waals surface area contributed by atoms with Gasteiger partial charge in [0.1, 0.15) is 6.61 Å². The molecule has 0 bridgehead atoms. The lowest BCUT2D eigenvalue weighted by atomic mass is 9.91. The number of para-hydroxylation sites is 1. The molecule has 0 saturated heterocycles. The van der Waals surface area contributed by atoms with E-state index in [0.29, 0.717) is 12.0 Å². The van der Waals surface area contributed by atoms with E-state index < -0.39 is 6.09 Å². The van der Waals surface area contributed by atoms with Crippen molar-refractivity contribution in [2.75, 3.05) is 23.9 Å². The predicted molar refractivity (Wildman–Crippen MR) is 131 cm³/mol. The van der Waals surface area contributed by atoms with Gasteiger partial charge in [0.2, 0.25) is 0 Å². The van der Waals surface area contributed by atoms with Crippen LogP contribution >= 0.6 is 0 Å². The number of nitrogens with zero attached hydrogens (tertiary/aromatic N) is 2. The lowest BCUT2D eigenvalue weighted by molar-refractivity contribution is 0.0972. The van der Waals surface area contributed by atoms with Crippen LogP contribution in [0.5, 0.6) is 0 Å². The fourth-order valence-electron chi connectivity index (χ4n) is 4.21. The minimum atomic E-state index is -0.468. The normalized spacial score (nSPS) is 17.1. The third kappa shape index (κ3) is 5.00. The molecule has 0 radical (unpaired) electrons. The second-order valence-corrected chi connectivity index (χ2v) is 8.52. The number of rotatable bonds is 5. The number of carbonyl (C=O) groups is 2. The highest BCUT2D eigenvalue weighted by atomic mass is 16.5. The Morgan fingerprint density at radius 1 is 0.970 bits per heavy atom. The molecule has 6 nitrogen and oxygen atoms in total. The summed E-state index contributed by atoms with van der Waals surface area (Å²) in [6.07, 6.45) is 0.129. The van der Waals surface area contributed by atoms with E-state index in [0.717, 1.165) is 22.5 Å². The van der Waals surface area contributed by atoms with Gasteiger partial charge >= 0.3 is 6.09 Å². The summed E-state index contributed by atoms with van der Waals surface area (Å²) < 4.78 is 5.42. The van der Waals surface area contributed by atoms with Gasteiger partial charge in [-0.25, -0.2) is 4.79 Å². The number of hydrogen-bond acceptors (Lipinski definition) is 4. The largest absolute Gasteiger partial charge is 0.445 e. The van der Waals surface area contributed by atoms with Crippen LogP contribution in [-0.2, 0) is 11.3 Å². The van der Waals surface area contributed by atoms with Crippen LogP contribution in [0, 0.1) is 0 Å². The van der Waals surface area contributed by atoms with Crippen molar-refractivity contribution in [3.05, 3.63) is 95.6 Å². The van der Waals surface area contributed by atoms with Crippen molar-refractivity contribution in [3.63, 3.8) is 0 Å². The lowest BCUT2D eigenvalue weighted by Gasteiger charge is -2.39. The molecule has 0 aromatic heterocycles. The SMILES string of the molecule is CC1CC(NC(=O)OCc2ccccc2)c2ccccc2N1C(=O)c1ccc(N(C)C)cc1. The smallest absolute Gasteiger partial charge is 0.407 e. The van der Waals surface area contributed by atoms with Gasteiger partial charge in [-0.1, -0.05) is 48.5 Å². The summed E-state index contributed by atoms with van der Waals surface area (Å²) >= 11 is 0. The third-order valence-corrected chi connectivity index (χ3v) is 5.94. The molecule has 170 valence electrons. The molecule has 3 aromatic carbocycles. The van der Waals surface area contributed by atoms with E-state index in [1.807, 2.05) is 110 Å². The molecule has 2 atom stereocenters. The fourth-order valence-corrected chi connectivity index (χ4v) is 4.21. The van der Waals surface area contributed by atoms with Crippen molar-refractivity contribution in [3.8, 4) is 0 Å². The average molecular weight is 444 g/mol. The first-order chi connectivity index (χ1) is 15.9. The summed E-state index contributed by atoms with van der Waals surface area (Å²) in [5.74, 6) is -0.0506. The molecule has 4 rings (SSSR count). The van der Waals surface area contributed by atoms with Gasteiger partial charge in [-0.3, -0.25) is 4.79 Å². The second kappa shape index (κ2) is 9.77. The number of amides is 2. The predicted octanol–water partition coefficient (Wildman–Crippen LogP) is 5.16. The monoisotopic (exact) mass is 443 g/mol. The van der Waals surface area contributed by atoms with Crippen molar-refractivity contribution in [1.29, 1.82) is 0 Å². The maximum atomic E-state index is 13.4. The van der Waals surface area contributed by atoms with Crippen molar-refractivity contribution >= 4 is 23.4 Å². The van der Waals surface area contributed by atoms with Crippen LogP contribution in [0.15, 0.2) is 78.9 Å². The van der Waals surface area contributed by atoms with Crippen LogP contribution in [0.4, 0.5) is 16.2 Å². The molecule has 2 amide bonds. The van der Waals surface area contributed by atoms with Gasteiger partial charge in [-0.2, -0.15) is 0 Å². The Bertz CT molecular complexity index is 1110. The first kappa shape index (κ1) is 22.4. The van der Waals surface area contributed by atoms with Crippen molar-refractivity contribution < 1.29 is 14.3 Å². The van der Waals surface area contributed by atoms with Crippen molar-refractivity contribution in [2.24, 2.45) is 0 Å². The fraction of sp³-hybridized carbons (Fsp3) is 0.259. The van der Waals surface area contributed by atoms with E-state index in [1.54, 1.807) is 0 Å². The van der Waals surface area contributed by atoms with Crippen LogP contribution in [0.2, 0.25) is 0 Å². The highest BCUT2D eigenvalue weighted by molar-refractivity contribution is 6.07. The van der Waals surface area contributed by atoms with Gasteiger partial charge < -0.3 is 19.9 Å². The summed E-state index contributed by atoms with van der Waals surface area (Å²) in [5.41, 5.74) is 4.33. The Kier molecular flexibility index (Phi) is 6.63. The Labute approximate surface area is 194 Å². The summed E-state index contributed by atoms with van der Waals surface area (Å²) in [7, 11) is 3.94. The molecule has 1 heterocycles. The summed E-state index contributed by atoms with van der Waals surface area (Å²) in [5, 5.41) is 2.99. The van der Waals surface area contributed by atoms with Gasteiger partial charge in [-0.05, 0) is 54.8 Å². The van der Waals surface area contributed by atoms with E-state index >= 15 is 0 Å². The summed E-state index contributed by atoms with van der Waals surface area (Å²) in [6.45, 7) is 2.22. The number of fused-ring (bicyclic) bond motifs is 1. The minimum absolute atomic E-state index is 0.0506. The molecule has 6 heteroatoms. The van der Waals surface area contributed by atoms with E-state index in [4.69, 9.17) is 4.74 Å². The first-order valence-corrected chi connectivity index (χ1v) is 11.1. The number of nitrogens with one attached hydrogen (secondary N) is 1. The van der Waals surface area contributed by atoms with Crippen molar-refractivity contribution in [1.82, 2.24) is 5.32 Å². The number of benzene rings is 3. The van der Waals surface area contributed by atoms with Crippen LogP contribution in [0.3, 0.4) is 0 Å². The average Bonchev–Trinajstić information content (AvgIpc) is 2.83. The van der Waals surface area contributed by atoms with E-state index in [-0.39, 0.29) is 24.6 Å². The quantitative estimate of drug-likeness (QED) is 0.592. The molecule has 1 aliphatic rings. The van der Waals surface area contributed by atoms with Gasteiger partial charge in [0.25, 0.3) is 5.91 Å². The maximum absolute atomic E-state index is 13.4. The molecule has 2 unspecified atom stereocenters. The zero-order valence-electron chi connectivity index (χ0n) is 19.2. The Balaban J connectivity index is 1.51. The number of alkyl carbamates (subject to hydrolysis) is 1. The third-order valence-electron chi connectivity index (χ3n) is 5.94. The van der Waals surface area contributed by atoms with Crippen LogP contribution < -0.4 is 15.1 Å². The molecule has 1 aliphatic heterocycles. The number of carbonyl (C=O) groups excluding carboxylic acids is 2. The first-order valence-electron chi connectivity index (χ1n) is 11.1. The zero-order chi connectivity index (χ0) is 23.4. The minimum Gasteiger partial charge on any atom is -0.445 e. The van der Waals surface area contributed by atoms with Gasteiger partial charge in [-0.15, -0.1) is 0 Å². The van der Waals surface area contributed by atoms with Crippen molar-refractivity contribution in [2.45, 2.75) is 32.0 Å².